The molecule has 36 heavy (non-hydrogen) atoms. The van der Waals surface area contributed by atoms with Crippen molar-refractivity contribution in [2.24, 2.45) is 10.9 Å². The van der Waals surface area contributed by atoms with Crippen molar-refractivity contribution in [1.29, 1.82) is 0 Å². The number of carbonyl (C=O) groups is 2. The number of esters is 2. The van der Waals surface area contributed by atoms with Crippen LogP contribution < -0.4 is 0 Å². The normalized spacial score (nSPS) is 17.5. The third-order valence-electron chi connectivity index (χ3n) is 6.23. The van der Waals surface area contributed by atoms with Crippen molar-refractivity contribution in [2.45, 2.75) is 40.5 Å². The number of rotatable bonds is 7. The first-order chi connectivity index (χ1) is 17.4. The number of ether oxygens (including phenoxy) is 2. The molecule has 0 aliphatic carbocycles. The molecule has 0 fully saturated rings. The molecule has 0 saturated heterocycles. The maximum absolute atomic E-state index is 13.2. The molecular weight excluding hydrogens is 472 g/mol. The van der Waals surface area contributed by atoms with Crippen LogP contribution in [0, 0.1) is 12.8 Å². The van der Waals surface area contributed by atoms with Gasteiger partial charge in [-0.1, -0.05) is 54.6 Å². The van der Waals surface area contributed by atoms with Gasteiger partial charge >= 0.3 is 11.9 Å². The Balaban J connectivity index is 1.91. The lowest BCUT2D eigenvalue weighted by Gasteiger charge is -2.32. The summed E-state index contributed by atoms with van der Waals surface area (Å²) in [4.78, 5) is 37.1. The second-order valence-corrected chi connectivity index (χ2v) is 9.76. The average Bonchev–Trinajstić information content (AvgIpc) is 3.25. The molecule has 0 amide bonds. The number of aliphatic imine (C=N–C) groups is 1. The van der Waals surface area contributed by atoms with E-state index in [9.17, 15) is 9.59 Å². The van der Waals surface area contributed by atoms with E-state index in [4.69, 9.17) is 14.5 Å². The number of aryl methyl sites for hydroxylation is 1. The second kappa shape index (κ2) is 11.0. The van der Waals surface area contributed by atoms with Gasteiger partial charge in [0.2, 0.25) is 0 Å². The number of nitrogens with zero attached hydrogens (tertiary/aromatic N) is 2. The molecule has 0 N–H and O–H groups in total. The molecule has 1 aliphatic rings. The van der Waals surface area contributed by atoms with Crippen LogP contribution >= 0.6 is 11.3 Å². The van der Waals surface area contributed by atoms with Crippen LogP contribution in [-0.4, -0.2) is 35.8 Å². The summed E-state index contributed by atoms with van der Waals surface area (Å²) < 4.78 is 10.9. The number of carbonyl (C=O) groups excluding carboxylic acids is 2. The number of thiazole rings is 1. The first-order valence-corrected chi connectivity index (χ1v) is 12.9. The first-order valence-electron chi connectivity index (χ1n) is 12.1. The Bertz CT molecular complexity index is 1340. The van der Waals surface area contributed by atoms with Gasteiger partial charge in [0.05, 0.1) is 24.5 Å². The SMILES string of the molecule is CCOC(=O)C1=C(C)N=C(C)C(C(=O)OCC)C1c1ccccc1-c1nc(-c2ccccc2)c(C)s1. The van der Waals surface area contributed by atoms with E-state index in [-0.39, 0.29) is 13.2 Å². The van der Waals surface area contributed by atoms with Crippen LogP contribution in [-0.2, 0) is 19.1 Å². The second-order valence-electron chi connectivity index (χ2n) is 8.56. The molecule has 7 heteroatoms. The molecule has 6 nitrogen and oxygen atoms in total. The quantitative estimate of drug-likeness (QED) is 0.351. The minimum absolute atomic E-state index is 0.225. The lowest BCUT2D eigenvalue weighted by Crippen LogP contribution is -2.36. The molecule has 4 rings (SSSR count). The highest BCUT2D eigenvalue weighted by Crippen LogP contribution is 2.45. The van der Waals surface area contributed by atoms with Gasteiger partial charge in [0.15, 0.2) is 0 Å². The number of hydrogen-bond donors (Lipinski definition) is 0. The molecule has 186 valence electrons. The number of hydrogen-bond acceptors (Lipinski definition) is 7. The highest BCUT2D eigenvalue weighted by atomic mass is 32.1. The Kier molecular flexibility index (Phi) is 7.79. The Morgan fingerprint density at radius 1 is 0.917 bits per heavy atom. The van der Waals surface area contributed by atoms with E-state index in [1.54, 1.807) is 32.1 Å². The van der Waals surface area contributed by atoms with Crippen LogP contribution in [0.15, 0.2) is 70.9 Å². The van der Waals surface area contributed by atoms with Crippen LogP contribution in [0.4, 0.5) is 0 Å². The molecule has 3 aromatic rings. The first kappa shape index (κ1) is 25.5. The third kappa shape index (κ3) is 4.88. The van der Waals surface area contributed by atoms with E-state index in [1.807, 2.05) is 61.5 Å². The van der Waals surface area contributed by atoms with E-state index < -0.39 is 23.8 Å². The molecule has 2 atom stereocenters. The largest absolute Gasteiger partial charge is 0.465 e. The molecule has 1 aliphatic heterocycles. The Morgan fingerprint density at radius 2 is 1.58 bits per heavy atom. The highest BCUT2D eigenvalue weighted by Gasteiger charge is 2.43. The van der Waals surface area contributed by atoms with Crippen LogP contribution in [0.25, 0.3) is 21.8 Å². The number of benzene rings is 2. The molecule has 2 heterocycles. The van der Waals surface area contributed by atoms with Gasteiger partial charge in [-0.25, -0.2) is 9.78 Å². The monoisotopic (exact) mass is 502 g/mol. The number of allylic oxidation sites excluding steroid dienone is 1. The van der Waals surface area contributed by atoms with Gasteiger partial charge in [-0.05, 0) is 40.2 Å². The van der Waals surface area contributed by atoms with Gasteiger partial charge in [0.1, 0.15) is 10.9 Å². The third-order valence-corrected chi connectivity index (χ3v) is 7.24. The zero-order valence-corrected chi connectivity index (χ0v) is 22.0. The maximum atomic E-state index is 13.2. The van der Waals surface area contributed by atoms with E-state index >= 15 is 0 Å². The highest BCUT2D eigenvalue weighted by molar-refractivity contribution is 7.15. The van der Waals surface area contributed by atoms with Gasteiger partial charge in [-0.2, -0.15) is 0 Å². The Hall–Kier alpha value is -3.58. The Morgan fingerprint density at radius 3 is 2.28 bits per heavy atom. The summed E-state index contributed by atoms with van der Waals surface area (Å²) in [5.41, 5.74) is 5.20. The standard InChI is InChI=1S/C29H30N2O4S/c1-6-34-28(32)23-17(3)30-18(4)24(29(33)35-7-2)25(23)21-15-11-12-16-22(21)27-31-26(19(5)36-27)20-13-9-8-10-14-20/h8-16,23,25H,6-7H2,1-5H3. The molecule has 0 bridgehead atoms. The van der Waals surface area contributed by atoms with Gasteiger partial charge in [0.25, 0.3) is 0 Å². The smallest absolute Gasteiger partial charge is 0.336 e. The van der Waals surface area contributed by atoms with Crippen molar-refractivity contribution in [3.8, 4) is 21.8 Å². The fraction of sp³-hybridized carbons (Fsp3) is 0.310. The van der Waals surface area contributed by atoms with E-state index in [0.29, 0.717) is 17.0 Å². The minimum Gasteiger partial charge on any atom is -0.465 e. The fourth-order valence-electron chi connectivity index (χ4n) is 4.72. The minimum atomic E-state index is -0.746. The summed E-state index contributed by atoms with van der Waals surface area (Å²) in [6.45, 7) is 9.65. The number of aromatic nitrogens is 1. The lowest BCUT2D eigenvalue weighted by atomic mass is 9.74. The van der Waals surface area contributed by atoms with Crippen molar-refractivity contribution in [3.63, 3.8) is 0 Å². The van der Waals surface area contributed by atoms with Gasteiger partial charge < -0.3 is 9.47 Å². The van der Waals surface area contributed by atoms with Crippen molar-refractivity contribution < 1.29 is 19.1 Å². The van der Waals surface area contributed by atoms with Crippen LogP contribution in [0.5, 0.6) is 0 Å². The molecule has 2 aromatic carbocycles. The zero-order chi connectivity index (χ0) is 25.8. The molecule has 0 radical (unpaired) electrons. The average molecular weight is 503 g/mol. The van der Waals surface area contributed by atoms with Gasteiger partial charge in [-0.15, -0.1) is 11.3 Å². The summed E-state index contributed by atoms with van der Waals surface area (Å²) in [6, 6.07) is 17.9. The van der Waals surface area contributed by atoms with Crippen molar-refractivity contribution >= 4 is 29.0 Å². The van der Waals surface area contributed by atoms with Crippen molar-refractivity contribution in [1.82, 2.24) is 4.98 Å². The maximum Gasteiger partial charge on any atom is 0.336 e. The Labute approximate surface area is 215 Å². The summed E-state index contributed by atoms with van der Waals surface area (Å²) in [5, 5.41) is 0.825. The molecular formula is C29H30N2O4S. The zero-order valence-electron chi connectivity index (χ0n) is 21.2. The molecule has 0 saturated carbocycles. The molecule has 1 aromatic heterocycles. The lowest BCUT2D eigenvalue weighted by molar-refractivity contribution is -0.146. The van der Waals surface area contributed by atoms with Crippen LogP contribution in [0.2, 0.25) is 0 Å². The predicted molar refractivity (Wildman–Crippen MR) is 143 cm³/mol. The van der Waals surface area contributed by atoms with Gasteiger partial charge in [0, 0.05) is 33.3 Å². The molecule has 2 unspecified atom stereocenters. The van der Waals surface area contributed by atoms with Crippen molar-refractivity contribution in [2.75, 3.05) is 13.2 Å². The summed E-state index contributed by atoms with van der Waals surface area (Å²) >= 11 is 1.59. The van der Waals surface area contributed by atoms with Gasteiger partial charge in [-0.3, -0.25) is 9.79 Å². The van der Waals surface area contributed by atoms with Crippen LogP contribution in [0.1, 0.15) is 44.1 Å². The van der Waals surface area contributed by atoms with E-state index in [0.717, 1.165) is 32.3 Å². The summed E-state index contributed by atoms with van der Waals surface area (Å²) in [6.07, 6.45) is 0. The van der Waals surface area contributed by atoms with E-state index in [1.165, 1.54) is 0 Å². The van der Waals surface area contributed by atoms with Crippen LogP contribution in [0.3, 0.4) is 0 Å². The summed E-state index contributed by atoms with van der Waals surface area (Å²) in [5.74, 6) is -2.24. The predicted octanol–water partition coefficient (Wildman–Crippen LogP) is 6.36. The van der Waals surface area contributed by atoms with Crippen molar-refractivity contribution in [3.05, 3.63) is 76.3 Å². The fourth-order valence-corrected chi connectivity index (χ4v) is 5.71. The molecule has 0 spiro atoms. The summed E-state index contributed by atoms with van der Waals surface area (Å²) in [7, 11) is 0. The topological polar surface area (TPSA) is 77.8 Å². The van der Waals surface area contributed by atoms with E-state index in [2.05, 4.69) is 11.9 Å².